The SMILES string of the molecule is CCc1ccc(-c2csc(N3CCN(S(=O)(=O)c4ccc(OC)cc4OC)CC3)n2)cc1. The summed E-state index contributed by atoms with van der Waals surface area (Å²) in [5, 5.41) is 2.97. The highest BCUT2D eigenvalue weighted by Crippen LogP contribution is 2.32. The van der Waals surface area contributed by atoms with Crippen LogP contribution in [0, 0.1) is 0 Å². The van der Waals surface area contributed by atoms with Crippen molar-refractivity contribution in [3.63, 3.8) is 0 Å². The van der Waals surface area contributed by atoms with Gasteiger partial charge in [0.15, 0.2) is 5.13 Å². The normalized spacial score (nSPS) is 15.0. The van der Waals surface area contributed by atoms with Gasteiger partial charge in [-0.3, -0.25) is 0 Å². The van der Waals surface area contributed by atoms with Crippen LogP contribution in [0.25, 0.3) is 11.3 Å². The Kier molecular flexibility index (Phi) is 6.68. The summed E-state index contributed by atoms with van der Waals surface area (Å²) in [4.78, 5) is 7.09. The number of sulfonamides is 1. The molecule has 0 saturated carbocycles. The minimum Gasteiger partial charge on any atom is -0.497 e. The standard InChI is InChI=1S/C23H27N3O4S2/c1-4-17-5-7-18(8-6-17)20-16-31-23(24-20)25-11-13-26(14-12-25)32(27,28)22-10-9-19(29-2)15-21(22)30-3/h5-10,15-16H,4,11-14H2,1-3H3. The third-order valence-electron chi connectivity index (χ3n) is 5.65. The van der Waals surface area contributed by atoms with Gasteiger partial charge in [0, 0.05) is 43.2 Å². The molecule has 3 aromatic rings. The average molecular weight is 474 g/mol. The largest absolute Gasteiger partial charge is 0.497 e. The number of hydrogen-bond donors (Lipinski definition) is 0. The Hall–Kier alpha value is -2.62. The highest BCUT2D eigenvalue weighted by molar-refractivity contribution is 7.89. The van der Waals surface area contributed by atoms with Crippen molar-refractivity contribution in [2.24, 2.45) is 0 Å². The monoisotopic (exact) mass is 473 g/mol. The Labute approximate surface area is 193 Å². The lowest BCUT2D eigenvalue weighted by molar-refractivity contribution is 0.370. The topological polar surface area (TPSA) is 72.0 Å². The van der Waals surface area contributed by atoms with Crippen molar-refractivity contribution in [2.75, 3.05) is 45.3 Å². The second-order valence-corrected chi connectivity index (χ2v) is 10.2. The molecule has 1 aliphatic rings. The fourth-order valence-corrected chi connectivity index (χ4v) is 6.15. The van der Waals surface area contributed by atoms with Gasteiger partial charge < -0.3 is 14.4 Å². The number of thiazole rings is 1. The number of methoxy groups -OCH3 is 2. The molecule has 0 aliphatic carbocycles. The third-order valence-corrected chi connectivity index (χ3v) is 8.49. The van der Waals surface area contributed by atoms with Crippen LogP contribution in [0.2, 0.25) is 0 Å². The molecule has 0 atom stereocenters. The molecule has 7 nitrogen and oxygen atoms in total. The fraction of sp³-hybridized carbons (Fsp3) is 0.348. The fourth-order valence-electron chi connectivity index (χ4n) is 3.70. The predicted octanol–water partition coefficient (Wildman–Crippen LogP) is 3.90. The van der Waals surface area contributed by atoms with Crippen LogP contribution in [0.1, 0.15) is 12.5 Å². The van der Waals surface area contributed by atoms with E-state index >= 15 is 0 Å². The van der Waals surface area contributed by atoms with E-state index in [1.807, 2.05) is 0 Å². The van der Waals surface area contributed by atoms with Gasteiger partial charge in [-0.2, -0.15) is 4.31 Å². The van der Waals surface area contributed by atoms with E-state index in [2.05, 4.69) is 41.5 Å². The molecule has 1 saturated heterocycles. The minimum atomic E-state index is -3.67. The zero-order valence-electron chi connectivity index (χ0n) is 18.4. The van der Waals surface area contributed by atoms with Gasteiger partial charge in [-0.1, -0.05) is 31.2 Å². The number of benzene rings is 2. The van der Waals surface area contributed by atoms with Crippen molar-refractivity contribution >= 4 is 26.5 Å². The van der Waals surface area contributed by atoms with Gasteiger partial charge in [0.25, 0.3) is 0 Å². The van der Waals surface area contributed by atoms with Crippen LogP contribution in [0.15, 0.2) is 52.7 Å². The van der Waals surface area contributed by atoms with Gasteiger partial charge in [-0.25, -0.2) is 13.4 Å². The molecular weight excluding hydrogens is 446 g/mol. The van der Waals surface area contributed by atoms with E-state index in [9.17, 15) is 8.42 Å². The Morgan fingerprint density at radius 1 is 1.00 bits per heavy atom. The Morgan fingerprint density at radius 2 is 1.72 bits per heavy atom. The summed E-state index contributed by atoms with van der Waals surface area (Å²) in [6, 6.07) is 13.2. The van der Waals surface area contributed by atoms with Crippen molar-refractivity contribution in [1.29, 1.82) is 0 Å². The Bertz CT molecular complexity index is 1170. The first-order chi connectivity index (χ1) is 15.5. The van der Waals surface area contributed by atoms with Crippen molar-refractivity contribution in [1.82, 2.24) is 9.29 Å². The molecule has 170 valence electrons. The van der Waals surface area contributed by atoms with E-state index in [1.54, 1.807) is 23.5 Å². The maximum Gasteiger partial charge on any atom is 0.246 e. The Morgan fingerprint density at radius 3 is 2.34 bits per heavy atom. The lowest BCUT2D eigenvalue weighted by Crippen LogP contribution is -2.48. The molecule has 0 N–H and O–H groups in total. The summed E-state index contributed by atoms with van der Waals surface area (Å²) in [6.45, 7) is 4.08. The van der Waals surface area contributed by atoms with E-state index in [0.29, 0.717) is 31.9 Å². The van der Waals surface area contributed by atoms with Crippen LogP contribution in [0.5, 0.6) is 11.5 Å². The third kappa shape index (κ3) is 4.46. The van der Waals surface area contributed by atoms with Crippen LogP contribution >= 0.6 is 11.3 Å². The molecule has 0 unspecified atom stereocenters. The number of piperazine rings is 1. The van der Waals surface area contributed by atoms with Crippen LogP contribution < -0.4 is 14.4 Å². The molecule has 2 aromatic carbocycles. The first kappa shape index (κ1) is 22.6. The van der Waals surface area contributed by atoms with Crippen molar-refractivity contribution < 1.29 is 17.9 Å². The van der Waals surface area contributed by atoms with Crippen molar-refractivity contribution in [3.8, 4) is 22.8 Å². The predicted molar refractivity (Wildman–Crippen MR) is 127 cm³/mol. The molecule has 9 heteroatoms. The molecule has 2 heterocycles. The molecule has 1 aliphatic heterocycles. The van der Waals surface area contributed by atoms with Crippen LogP contribution in [-0.4, -0.2) is 58.1 Å². The number of anilines is 1. The van der Waals surface area contributed by atoms with Crippen molar-refractivity contribution in [2.45, 2.75) is 18.2 Å². The number of rotatable bonds is 7. The number of ether oxygens (including phenoxy) is 2. The van der Waals surface area contributed by atoms with E-state index in [-0.39, 0.29) is 10.6 Å². The van der Waals surface area contributed by atoms with Gasteiger partial charge in [-0.15, -0.1) is 11.3 Å². The van der Waals surface area contributed by atoms with Gasteiger partial charge in [-0.05, 0) is 24.1 Å². The molecule has 0 amide bonds. The molecule has 32 heavy (non-hydrogen) atoms. The number of hydrogen-bond acceptors (Lipinski definition) is 7. The zero-order valence-corrected chi connectivity index (χ0v) is 20.1. The van der Waals surface area contributed by atoms with E-state index in [0.717, 1.165) is 22.8 Å². The summed E-state index contributed by atoms with van der Waals surface area (Å²) in [6.07, 6.45) is 1.01. The van der Waals surface area contributed by atoms with Gasteiger partial charge >= 0.3 is 0 Å². The van der Waals surface area contributed by atoms with Crippen LogP contribution in [-0.2, 0) is 16.4 Å². The number of aryl methyl sites for hydroxylation is 1. The second-order valence-electron chi connectivity index (χ2n) is 7.47. The van der Waals surface area contributed by atoms with E-state index in [1.165, 1.54) is 30.2 Å². The van der Waals surface area contributed by atoms with Gasteiger partial charge in [0.2, 0.25) is 10.0 Å². The Balaban J connectivity index is 1.46. The van der Waals surface area contributed by atoms with Gasteiger partial charge in [0.1, 0.15) is 16.4 Å². The number of nitrogens with zero attached hydrogens (tertiary/aromatic N) is 3. The molecule has 4 rings (SSSR count). The van der Waals surface area contributed by atoms with Crippen LogP contribution in [0.3, 0.4) is 0 Å². The molecule has 1 aromatic heterocycles. The second kappa shape index (κ2) is 9.48. The summed E-state index contributed by atoms with van der Waals surface area (Å²) in [5.41, 5.74) is 3.35. The quantitative estimate of drug-likeness (QED) is 0.518. The summed E-state index contributed by atoms with van der Waals surface area (Å²) in [5.74, 6) is 0.833. The highest BCUT2D eigenvalue weighted by atomic mass is 32.2. The lowest BCUT2D eigenvalue weighted by Gasteiger charge is -2.34. The van der Waals surface area contributed by atoms with E-state index in [4.69, 9.17) is 14.5 Å². The lowest BCUT2D eigenvalue weighted by atomic mass is 10.1. The van der Waals surface area contributed by atoms with Crippen LogP contribution in [0.4, 0.5) is 5.13 Å². The molecular formula is C23H27N3O4S2. The molecule has 0 bridgehead atoms. The maximum atomic E-state index is 13.2. The maximum absolute atomic E-state index is 13.2. The summed E-state index contributed by atoms with van der Waals surface area (Å²) >= 11 is 1.59. The first-order valence-electron chi connectivity index (χ1n) is 10.5. The first-order valence-corrected chi connectivity index (χ1v) is 12.8. The van der Waals surface area contributed by atoms with Crippen molar-refractivity contribution in [3.05, 3.63) is 53.4 Å². The minimum absolute atomic E-state index is 0.154. The molecule has 0 radical (unpaired) electrons. The van der Waals surface area contributed by atoms with E-state index < -0.39 is 10.0 Å². The summed E-state index contributed by atoms with van der Waals surface area (Å²) < 4.78 is 38.4. The summed E-state index contributed by atoms with van der Waals surface area (Å²) in [7, 11) is -0.677. The smallest absolute Gasteiger partial charge is 0.246 e. The molecule has 1 fully saturated rings. The number of aromatic nitrogens is 1. The van der Waals surface area contributed by atoms with Gasteiger partial charge in [0.05, 0.1) is 19.9 Å². The molecule has 0 spiro atoms. The zero-order chi connectivity index (χ0) is 22.7. The highest BCUT2D eigenvalue weighted by Gasteiger charge is 2.31. The average Bonchev–Trinajstić information content (AvgIpc) is 3.34.